The number of hydrogen-bond acceptors (Lipinski definition) is 2. The average molecular weight is 216 g/mol. The van der Waals surface area contributed by atoms with Crippen LogP contribution in [0.1, 0.15) is 5.56 Å². The second kappa shape index (κ2) is 3.70. The lowest BCUT2D eigenvalue weighted by Crippen LogP contribution is -1.91. The lowest BCUT2D eigenvalue weighted by Gasteiger charge is -1.99. The first kappa shape index (κ1) is 10.2. The topological polar surface area (TPSA) is 38.0 Å². The molecular formula is C12H9FN2O. The van der Waals surface area contributed by atoms with Crippen LogP contribution in [0.15, 0.2) is 24.3 Å². The smallest absolute Gasteiger partial charge is 0.209 e. The Kier molecular flexibility index (Phi) is 2.37. The highest BCUT2D eigenvalue weighted by Gasteiger charge is 2.10. The molecule has 0 fully saturated rings. The van der Waals surface area contributed by atoms with Gasteiger partial charge in [0.15, 0.2) is 0 Å². The highest BCUT2D eigenvalue weighted by molar-refractivity contribution is 5.62. The molecule has 0 aliphatic heterocycles. The van der Waals surface area contributed by atoms with Crippen molar-refractivity contribution in [1.29, 1.82) is 0 Å². The van der Waals surface area contributed by atoms with Crippen LogP contribution in [0.2, 0.25) is 0 Å². The summed E-state index contributed by atoms with van der Waals surface area (Å²) in [7, 11) is 1.58. The fourth-order valence-corrected chi connectivity index (χ4v) is 1.40. The second-order valence-electron chi connectivity index (χ2n) is 3.35. The zero-order valence-electron chi connectivity index (χ0n) is 8.61. The Bertz CT molecular complexity index is 562. The molecule has 0 bridgehead atoms. The first-order valence-corrected chi connectivity index (χ1v) is 4.61. The van der Waals surface area contributed by atoms with E-state index < -0.39 is 5.82 Å². The Balaban J connectivity index is 2.53. The van der Waals surface area contributed by atoms with Crippen LogP contribution in [0.3, 0.4) is 0 Å². The summed E-state index contributed by atoms with van der Waals surface area (Å²) >= 11 is 0. The third-order valence-electron chi connectivity index (χ3n) is 2.27. The molecule has 0 saturated heterocycles. The van der Waals surface area contributed by atoms with Crippen LogP contribution in [0, 0.1) is 18.2 Å². The van der Waals surface area contributed by atoms with E-state index in [-0.39, 0.29) is 5.88 Å². The minimum absolute atomic E-state index is 0.0181. The first-order valence-electron chi connectivity index (χ1n) is 4.61. The van der Waals surface area contributed by atoms with Crippen molar-refractivity contribution in [3.8, 4) is 29.5 Å². The largest absolute Gasteiger partial charge is 0.493 e. The van der Waals surface area contributed by atoms with E-state index >= 15 is 0 Å². The van der Waals surface area contributed by atoms with Gasteiger partial charge in [-0.15, -0.1) is 6.42 Å². The zero-order valence-corrected chi connectivity index (χ0v) is 8.61. The minimum atomic E-state index is -0.450. The predicted octanol–water partition coefficient (Wildman–Crippen LogP) is 1.91. The number of aryl methyl sites for hydroxylation is 1. The molecule has 0 aliphatic carbocycles. The number of hydrogen-bond donors (Lipinski definition) is 1. The van der Waals surface area contributed by atoms with Gasteiger partial charge in [-0.25, -0.2) is 9.07 Å². The van der Waals surface area contributed by atoms with Crippen LogP contribution < -0.4 is 0 Å². The molecule has 0 atom stereocenters. The van der Waals surface area contributed by atoms with Crippen LogP contribution >= 0.6 is 0 Å². The highest BCUT2D eigenvalue weighted by Crippen LogP contribution is 2.24. The lowest BCUT2D eigenvalue weighted by atomic mass is 10.1. The maximum Gasteiger partial charge on any atom is 0.209 e. The van der Waals surface area contributed by atoms with Gasteiger partial charge in [-0.1, -0.05) is 5.92 Å². The van der Waals surface area contributed by atoms with Crippen LogP contribution in [0.4, 0.5) is 4.39 Å². The molecular weight excluding hydrogens is 207 g/mol. The molecule has 4 heteroatoms. The maximum absolute atomic E-state index is 13.6. The van der Waals surface area contributed by atoms with Crippen LogP contribution in [0.5, 0.6) is 5.88 Å². The monoisotopic (exact) mass is 216 g/mol. The van der Waals surface area contributed by atoms with Crippen molar-refractivity contribution < 1.29 is 9.50 Å². The van der Waals surface area contributed by atoms with E-state index in [4.69, 9.17) is 6.42 Å². The predicted molar refractivity (Wildman–Crippen MR) is 58.2 cm³/mol. The van der Waals surface area contributed by atoms with Gasteiger partial charge in [-0.2, -0.15) is 5.10 Å². The van der Waals surface area contributed by atoms with Crippen molar-refractivity contribution in [3.63, 3.8) is 0 Å². The van der Waals surface area contributed by atoms with E-state index in [9.17, 15) is 9.50 Å². The van der Waals surface area contributed by atoms with Crippen molar-refractivity contribution in [2.45, 2.75) is 0 Å². The normalized spacial score (nSPS) is 10.1. The number of aromatic hydroxyl groups is 1. The Morgan fingerprint density at radius 2 is 2.19 bits per heavy atom. The van der Waals surface area contributed by atoms with Gasteiger partial charge >= 0.3 is 0 Å². The molecule has 80 valence electrons. The van der Waals surface area contributed by atoms with Crippen LogP contribution in [-0.4, -0.2) is 14.9 Å². The molecule has 0 spiro atoms. The molecule has 2 aromatic rings. The van der Waals surface area contributed by atoms with E-state index in [1.54, 1.807) is 19.2 Å². The molecule has 0 unspecified atom stereocenters. The summed E-state index contributed by atoms with van der Waals surface area (Å²) < 4.78 is 14.9. The standard InChI is InChI=1S/C12H9FN2O/c1-3-8-4-5-9(10(13)6-8)11-7-12(16)15(2)14-11/h1,4-7,16H,2H3. The Hall–Kier alpha value is -2.28. The van der Waals surface area contributed by atoms with Crippen molar-refractivity contribution in [3.05, 3.63) is 35.6 Å². The molecule has 3 nitrogen and oxygen atoms in total. The van der Waals surface area contributed by atoms with E-state index in [2.05, 4.69) is 11.0 Å². The minimum Gasteiger partial charge on any atom is -0.493 e. The van der Waals surface area contributed by atoms with Gasteiger partial charge in [0.2, 0.25) is 5.88 Å². The molecule has 0 aliphatic rings. The van der Waals surface area contributed by atoms with Gasteiger partial charge in [0.05, 0.1) is 5.69 Å². The molecule has 1 heterocycles. The molecule has 1 aromatic carbocycles. The highest BCUT2D eigenvalue weighted by atomic mass is 19.1. The number of nitrogens with zero attached hydrogens (tertiary/aromatic N) is 2. The van der Waals surface area contributed by atoms with Crippen molar-refractivity contribution in [2.75, 3.05) is 0 Å². The van der Waals surface area contributed by atoms with Gasteiger partial charge in [0.1, 0.15) is 5.82 Å². The van der Waals surface area contributed by atoms with E-state index in [0.29, 0.717) is 16.8 Å². The maximum atomic E-state index is 13.6. The second-order valence-corrected chi connectivity index (χ2v) is 3.35. The van der Waals surface area contributed by atoms with Gasteiger partial charge in [0, 0.05) is 24.2 Å². The number of rotatable bonds is 1. The summed E-state index contributed by atoms with van der Waals surface area (Å²) in [4.78, 5) is 0. The number of halogens is 1. The van der Waals surface area contributed by atoms with E-state index in [1.165, 1.54) is 16.8 Å². The van der Waals surface area contributed by atoms with Gasteiger partial charge < -0.3 is 5.11 Å². The Morgan fingerprint density at radius 3 is 2.69 bits per heavy atom. The summed E-state index contributed by atoms with van der Waals surface area (Å²) in [5.41, 5.74) is 1.16. The molecule has 0 amide bonds. The summed E-state index contributed by atoms with van der Waals surface area (Å²) in [5, 5.41) is 13.3. The Morgan fingerprint density at radius 1 is 1.44 bits per heavy atom. The van der Waals surface area contributed by atoms with Crippen molar-refractivity contribution >= 4 is 0 Å². The van der Waals surface area contributed by atoms with Gasteiger partial charge in [-0.3, -0.25) is 0 Å². The van der Waals surface area contributed by atoms with Crippen molar-refractivity contribution in [1.82, 2.24) is 9.78 Å². The van der Waals surface area contributed by atoms with Crippen LogP contribution in [0.25, 0.3) is 11.3 Å². The molecule has 1 aromatic heterocycles. The van der Waals surface area contributed by atoms with Gasteiger partial charge in [0.25, 0.3) is 0 Å². The third kappa shape index (κ3) is 1.63. The first-order chi connectivity index (χ1) is 7.61. The lowest BCUT2D eigenvalue weighted by molar-refractivity contribution is 0.419. The third-order valence-corrected chi connectivity index (χ3v) is 2.27. The quantitative estimate of drug-likeness (QED) is 0.739. The molecule has 16 heavy (non-hydrogen) atoms. The van der Waals surface area contributed by atoms with Crippen LogP contribution in [-0.2, 0) is 7.05 Å². The molecule has 0 saturated carbocycles. The van der Waals surface area contributed by atoms with E-state index in [1.807, 2.05) is 0 Å². The number of terminal acetylenes is 1. The number of benzene rings is 1. The molecule has 2 rings (SSSR count). The summed E-state index contributed by atoms with van der Waals surface area (Å²) in [5.74, 6) is 1.88. The molecule has 1 N–H and O–H groups in total. The summed E-state index contributed by atoms with van der Waals surface area (Å²) in [6, 6.07) is 5.84. The number of aromatic nitrogens is 2. The van der Waals surface area contributed by atoms with Crippen molar-refractivity contribution in [2.24, 2.45) is 7.05 Å². The summed E-state index contributed by atoms with van der Waals surface area (Å²) in [6.07, 6.45) is 5.16. The fraction of sp³-hybridized carbons (Fsp3) is 0.0833. The van der Waals surface area contributed by atoms with Gasteiger partial charge in [-0.05, 0) is 18.2 Å². The van der Waals surface area contributed by atoms with E-state index in [0.717, 1.165) is 0 Å². The zero-order chi connectivity index (χ0) is 11.7. The average Bonchev–Trinajstić information content (AvgIpc) is 2.58. The fourth-order valence-electron chi connectivity index (χ4n) is 1.40. The molecule has 0 radical (unpaired) electrons. The Labute approximate surface area is 92.1 Å². The summed E-state index contributed by atoms with van der Waals surface area (Å²) in [6.45, 7) is 0. The SMILES string of the molecule is C#Cc1ccc(-c2cc(O)n(C)n2)c(F)c1.